The average Bonchev–Trinajstić information content (AvgIpc) is 2.60. The predicted octanol–water partition coefficient (Wildman–Crippen LogP) is 4.39. The molecule has 2 aromatic rings. The van der Waals surface area contributed by atoms with E-state index in [9.17, 15) is 9.59 Å². The van der Waals surface area contributed by atoms with Gasteiger partial charge in [0.25, 0.3) is 5.91 Å². The molecule has 0 aromatic heterocycles. The lowest BCUT2D eigenvalue weighted by molar-refractivity contribution is -0.115. The number of carbonyl (C=O) groups is 2. The van der Waals surface area contributed by atoms with Crippen molar-refractivity contribution in [3.63, 3.8) is 0 Å². The molecule has 0 spiro atoms. The molecule has 0 radical (unpaired) electrons. The van der Waals surface area contributed by atoms with Crippen LogP contribution in [0.15, 0.2) is 54.6 Å². The first-order valence-corrected chi connectivity index (χ1v) is 9.40. The van der Waals surface area contributed by atoms with Crippen LogP contribution in [0.4, 0.5) is 5.69 Å². The van der Waals surface area contributed by atoms with Gasteiger partial charge in [0, 0.05) is 27.9 Å². The molecule has 146 valence electrons. The van der Waals surface area contributed by atoms with Crippen LogP contribution in [-0.2, 0) is 4.79 Å². The fourth-order valence-corrected chi connectivity index (χ4v) is 2.63. The Morgan fingerprint density at radius 2 is 1.68 bits per heavy atom. The molecular formula is C21H22ClN3O2S. The van der Waals surface area contributed by atoms with Crippen molar-refractivity contribution in [3.8, 4) is 0 Å². The molecule has 7 heteroatoms. The summed E-state index contributed by atoms with van der Waals surface area (Å²) in [5, 5.41) is 9.07. The lowest BCUT2D eigenvalue weighted by atomic mass is 10.1. The summed E-state index contributed by atoms with van der Waals surface area (Å²) in [4.78, 5) is 24.1. The molecule has 0 unspecified atom stereocenters. The summed E-state index contributed by atoms with van der Waals surface area (Å²) in [5.41, 5.74) is 1.63. The number of amides is 2. The minimum absolute atomic E-state index is 0.153. The molecule has 0 saturated carbocycles. The standard InChI is InChI=1S/C21H22ClN3O2S/c1-21(2,3)25-19(27)15-8-11-16(12-9-15)23-20(28)24-18(26)13-10-14-6-4-5-7-17(14)22/h4-13H,1-3H3,(H,25,27)(H2,23,24,26,28)/b13-10+. The number of rotatable bonds is 4. The van der Waals surface area contributed by atoms with Gasteiger partial charge in [0.2, 0.25) is 5.91 Å². The van der Waals surface area contributed by atoms with Gasteiger partial charge in [-0.05, 0) is 75.0 Å². The molecule has 0 fully saturated rings. The zero-order valence-corrected chi connectivity index (χ0v) is 17.4. The monoisotopic (exact) mass is 415 g/mol. The zero-order valence-electron chi connectivity index (χ0n) is 15.9. The summed E-state index contributed by atoms with van der Waals surface area (Å²) in [6, 6.07) is 14.0. The molecule has 0 bridgehead atoms. The third kappa shape index (κ3) is 7.13. The number of carbonyl (C=O) groups excluding carboxylic acids is 2. The minimum atomic E-state index is -0.376. The molecule has 0 aliphatic carbocycles. The number of nitrogens with one attached hydrogen (secondary N) is 3. The van der Waals surface area contributed by atoms with Gasteiger partial charge in [-0.25, -0.2) is 0 Å². The summed E-state index contributed by atoms with van der Waals surface area (Å²) in [7, 11) is 0. The van der Waals surface area contributed by atoms with Crippen molar-refractivity contribution in [2.24, 2.45) is 0 Å². The Bertz CT molecular complexity index is 903. The minimum Gasteiger partial charge on any atom is -0.347 e. The number of thiocarbonyl (C=S) groups is 1. The van der Waals surface area contributed by atoms with Crippen molar-refractivity contribution < 1.29 is 9.59 Å². The third-order valence-electron chi connectivity index (χ3n) is 3.45. The van der Waals surface area contributed by atoms with Crippen LogP contribution in [0, 0.1) is 0 Å². The number of halogens is 1. The molecule has 2 aromatic carbocycles. The van der Waals surface area contributed by atoms with Gasteiger partial charge < -0.3 is 10.6 Å². The SMILES string of the molecule is CC(C)(C)NC(=O)c1ccc(NC(=S)NC(=O)/C=C/c2ccccc2Cl)cc1. The normalized spacial score (nSPS) is 11.1. The summed E-state index contributed by atoms with van der Waals surface area (Å²) in [6.45, 7) is 5.76. The maximum Gasteiger partial charge on any atom is 0.251 e. The molecule has 0 aliphatic heterocycles. The van der Waals surface area contributed by atoms with E-state index < -0.39 is 0 Å². The number of anilines is 1. The van der Waals surface area contributed by atoms with Crippen LogP contribution in [0.25, 0.3) is 6.08 Å². The maximum atomic E-state index is 12.1. The second kappa shape index (κ2) is 9.48. The average molecular weight is 416 g/mol. The quantitative estimate of drug-likeness (QED) is 0.511. The van der Waals surface area contributed by atoms with E-state index in [4.69, 9.17) is 23.8 Å². The van der Waals surface area contributed by atoms with Crippen molar-refractivity contribution in [3.05, 3.63) is 70.8 Å². The number of hydrogen-bond donors (Lipinski definition) is 3. The second-order valence-electron chi connectivity index (χ2n) is 7.08. The molecule has 3 N–H and O–H groups in total. The fourth-order valence-electron chi connectivity index (χ4n) is 2.21. The van der Waals surface area contributed by atoms with Crippen molar-refractivity contribution in [2.75, 3.05) is 5.32 Å². The van der Waals surface area contributed by atoms with E-state index >= 15 is 0 Å². The first-order valence-electron chi connectivity index (χ1n) is 8.61. The summed E-state index contributed by atoms with van der Waals surface area (Å²) >= 11 is 11.2. The fraction of sp³-hybridized carbons (Fsp3) is 0.190. The van der Waals surface area contributed by atoms with E-state index in [-0.39, 0.29) is 22.5 Å². The van der Waals surface area contributed by atoms with E-state index in [2.05, 4.69) is 16.0 Å². The molecule has 0 saturated heterocycles. The number of benzene rings is 2. The lowest BCUT2D eigenvalue weighted by Crippen LogP contribution is -2.40. The van der Waals surface area contributed by atoms with Gasteiger partial charge in [-0.15, -0.1) is 0 Å². The van der Waals surface area contributed by atoms with Gasteiger partial charge in [0.05, 0.1) is 0 Å². The Kier molecular flexibility index (Phi) is 7.31. The molecular weight excluding hydrogens is 394 g/mol. The summed E-state index contributed by atoms with van der Waals surface area (Å²) < 4.78 is 0. The van der Waals surface area contributed by atoms with Gasteiger partial charge >= 0.3 is 0 Å². The Labute approximate surface area is 175 Å². The van der Waals surface area contributed by atoms with Gasteiger partial charge in [-0.3, -0.25) is 14.9 Å². The van der Waals surface area contributed by atoms with Gasteiger partial charge in [0.1, 0.15) is 0 Å². The molecule has 0 atom stereocenters. The van der Waals surface area contributed by atoms with Crippen LogP contribution in [0.2, 0.25) is 5.02 Å². The molecule has 2 rings (SSSR count). The molecule has 5 nitrogen and oxygen atoms in total. The van der Waals surface area contributed by atoms with Crippen molar-refractivity contribution in [1.29, 1.82) is 0 Å². The van der Waals surface area contributed by atoms with E-state index in [1.54, 1.807) is 42.5 Å². The van der Waals surface area contributed by atoms with E-state index in [0.29, 0.717) is 16.3 Å². The van der Waals surface area contributed by atoms with Crippen LogP contribution in [0.3, 0.4) is 0 Å². The topological polar surface area (TPSA) is 70.2 Å². The van der Waals surface area contributed by atoms with E-state index in [1.165, 1.54) is 6.08 Å². The Balaban J connectivity index is 1.89. The lowest BCUT2D eigenvalue weighted by Gasteiger charge is -2.20. The van der Waals surface area contributed by atoms with Gasteiger partial charge in [-0.2, -0.15) is 0 Å². The first-order chi connectivity index (χ1) is 13.1. The third-order valence-corrected chi connectivity index (χ3v) is 4.00. The highest BCUT2D eigenvalue weighted by atomic mass is 35.5. The van der Waals surface area contributed by atoms with Crippen molar-refractivity contribution >= 4 is 52.5 Å². The molecule has 0 heterocycles. The van der Waals surface area contributed by atoms with Crippen molar-refractivity contribution in [1.82, 2.24) is 10.6 Å². The highest BCUT2D eigenvalue weighted by Crippen LogP contribution is 2.16. The molecule has 2 amide bonds. The van der Waals surface area contributed by atoms with Crippen molar-refractivity contribution in [2.45, 2.75) is 26.3 Å². The van der Waals surface area contributed by atoms with Crippen LogP contribution in [-0.4, -0.2) is 22.5 Å². The van der Waals surface area contributed by atoms with E-state index in [0.717, 1.165) is 5.56 Å². The van der Waals surface area contributed by atoms with Crippen LogP contribution in [0.5, 0.6) is 0 Å². The van der Waals surface area contributed by atoms with Crippen LogP contribution in [0.1, 0.15) is 36.7 Å². The predicted molar refractivity (Wildman–Crippen MR) is 119 cm³/mol. The second-order valence-corrected chi connectivity index (χ2v) is 7.90. The Morgan fingerprint density at radius 3 is 2.29 bits per heavy atom. The molecule has 28 heavy (non-hydrogen) atoms. The maximum absolute atomic E-state index is 12.1. The summed E-state index contributed by atoms with van der Waals surface area (Å²) in [5.74, 6) is -0.529. The highest BCUT2D eigenvalue weighted by Gasteiger charge is 2.15. The molecule has 0 aliphatic rings. The first kappa shape index (κ1) is 21.6. The highest BCUT2D eigenvalue weighted by molar-refractivity contribution is 7.80. The number of hydrogen-bond acceptors (Lipinski definition) is 3. The van der Waals surface area contributed by atoms with Gasteiger partial charge in [-0.1, -0.05) is 29.8 Å². The zero-order chi connectivity index (χ0) is 20.7. The van der Waals surface area contributed by atoms with E-state index in [1.807, 2.05) is 32.9 Å². The largest absolute Gasteiger partial charge is 0.347 e. The Morgan fingerprint density at radius 1 is 1.04 bits per heavy atom. The van der Waals surface area contributed by atoms with Crippen LogP contribution >= 0.6 is 23.8 Å². The smallest absolute Gasteiger partial charge is 0.251 e. The van der Waals surface area contributed by atoms with Gasteiger partial charge in [0.15, 0.2) is 5.11 Å². The van der Waals surface area contributed by atoms with Crippen LogP contribution < -0.4 is 16.0 Å². The Hall–Kier alpha value is -2.70. The summed E-state index contributed by atoms with van der Waals surface area (Å²) in [6.07, 6.45) is 2.97.